The predicted octanol–water partition coefficient (Wildman–Crippen LogP) is 2.67. The van der Waals surface area contributed by atoms with Gasteiger partial charge in [0.25, 0.3) is 0 Å². The maximum atomic E-state index is 14.6. The van der Waals surface area contributed by atoms with Gasteiger partial charge in [-0.25, -0.2) is 9.37 Å². The number of hydrogen-bond acceptors (Lipinski definition) is 6. The van der Waals surface area contributed by atoms with E-state index in [1.165, 1.54) is 0 Å². The van der Waals surface area contributed by atoms with Crippen LogP contribution in [0.4, 0.5) is 21.8 Å². The van der Waals surface area contributed by atoms with E-state index in [1.807, 2.05) is 20.8 Å². The van der Waals surface area contributed by atoms with E-state index in [0.717, 1.165) is 0 Å². The Kier molecular flexibility index (Phi) is 3.51. The van der Waals surface area contributed by atoms with E-state index in [1.54, 1.807) is 6.07 Å². The van der Waals surface area contributed by atoms with E-state index >= 15 is 0 Å². The number of rotatable bonds is 1. The van der Waals surface area contributed by atoms with Gasteiger partial charge in [0.2, 0.25) is 5.95 Å². The van der Waals surface area contributed by atoms with Crippen LogP contribution in [-0.4, -0.2) is 15.5 Å². The van der Waals surface area contributed by atoms with Crippen molar-refractivity contribution in [2.24, 2.45) is 0 Å². The Labute approximate surface area is 125 Å². The van der Waals surface area contributed by atoms with Crippen molar-refractivity contribution in [1.82, 2.24) is 9.97 Å². The zero-order chi connectivity index (χ0) is 15.9. The molecule has 21 heavy (non-hydrogen) atoms. The van der Waals surface area contributed by atoms with Gasteiger partial charge in [-0.2, -0.15) is 10.2 Å². The average Bonchev–Trinajstić information content (AvgIpc) is 2.33. The number of nitriles is 1. The monoisotopic (exact) mass is 308 g/mol. The SMILES string of the molecule is CC(C)(C)Nc1c(C#N)c(F)c2c(N)nc(N)nc2c1Cl. The van der Waals surface area contributed by atoms with Gasteiger partial charge in [0.1, 0.15) is 23.0 Å². The van der Waals surface area contributed by atoms with Gasteiger partial charge in [0.15, 0.2) is 5.82 Å². The molecule has 0 bridgehead atoms. The minimum absolute atomic E-state index is 0.0740. The summed E-state index contributed by atoms with van der Waals surface area (Å²) in [6.45, 7) is 5.57. The topological polar surface area (TPSA) is 114 Å². The Morgan fingerprint density at radius 2 is 1.90 bits per heavy atom. The zero-order valence-corrected chi connectivity index (χ0v) is 12.5. The lowest BCUT2D eigenvalue weighted by molar-refractivity contribution is 0.622. The van der Waals surface area contributed by atoms with E-state index in [4.69, 9.17) is 23.1 Å². The number of anilines is 3. The molecule has 2 aromatic rings. The first-order valence-corrected chi connectivity index (χ1v) is 6.45. The standard InChI is InChI=1S/C13H14ClFN6/c1-13(2,3)21-9-5(4-16)8(15)6-10(7(9)14)19-12(18)20-11(6)17/h21H,1-3H3,(H4,17,18,19,20). The van der Waals surface area contributed by atoms with Crippen LogP contribution in [0.2, 0.25) is 5.02 Å². The van der Waals surface area contributed by atoms with Gasteiger partial charge in [-0.1, -0.05) is 11.6 Å². The molecule has 0 aliphatic rings. The molecular formula is C13H14ClFN6. The Balaban J connectivity index is 2.94. The largest absolute Gasteiger partial charge is 0.383 e. The molecule has 1 aromatic carbocycles. The highest BCUT2D eigenvalue weighted by molar-refractivity contribution is 6.38. The first-order chi connectivity index (χ1) is 9.65. The Bertz CT molecular complexity index is 775. The van der Waals surface area contributed by atoms with Crippen molar-refractivity contribution < 1.29 is 4.39 Å². The molecule has 8 heteroatoms. The van der Waals surface area contributed by atoms with E-state index in [2.05, 4.69) is 15.3 Å². The number of aromatic nitrogens is 2. The van der Waals surface area contributed by atoms with Crippen molar-refractivity contribution in [2.75, 3.05) is 16.8 Å². The van der Waals surface area contributed by atoms with Gasteiger partial charge in [-0.05, 0) is 20.8 Å². The summed E-state index contributed by atoms with van der Waals surface area (Å²) in [7, 11) is 0. The highest BCUT2D eigenvalue weighted by Crippen LogP contribution is 2.39. The third-order valence-corrected chi connectivity index (χ3v) is 3.05. The Morgan fingerprint density at radius 3 is 2.43 bits per heavy atom. The number of halogens is 2. The summed E-state index contributed by atoms with van der Waals surface area (Å²) in [5, 5.41) is 12.2. The number of fused-ring (bicyclic) bond motifs is 1. The zero-order valence-electron chi connectivity index (χ0n) is 11.8. The molecule has 0 radical (unpaired) electrons. The molecule has 0 amide bonds. The molecule has 0 spiro atoms. The summed E-state index contributed by atoms with van der Waals surface area (Å²) in [5.74, 6) is -1.09. The quantitative estimate of drug-likeness (QED) is 0.746. The van der Waals surface area contributed by atoms with Crippen molar-refractivity contribution in [3.8, 4) is 6.07 Å². The average molecular weight is 309 g/mol. The lowest BCUT2D eigenvalue weighted by Crippen LogP contribution is -2.27. The molecule has 5 N–H and O–H groups in total. The van der Waals surface area contributed by atoms with Gasteiger partial charge >= 0.3 is 0 Å². The number of nitrogen functional groups attached to an aromatic ring is 2. The second kappa shape index (κ2) is 4.90. The van der Waals surface area contributed by atoms with Gasteiger partial charge in [-0.15, -0.1) is 0 Å². The van der Waals surface area contributed by atoms with Crippen LogP contribution in [0, 0.1) is 17.1 Å². The summed E-state index contributed by atoms with van der Waals surface area (Å²) in [6, 6.07) is 1.80. The third kappa shape index (κ3) is 2.62. The normalized spacial score (nSPS) is 11.4. The number of nitrogens with zero attached hydrogens (tertiary/aromatic N) is 3. The number of nitrogens with two attached hydrogens (primary N) is 2. The maximum Gasteiger partial charge on any atom is 0.222 e. The number of nitrogens with one attached hydrogen (secondary N) is 1. The molecule has 0 aliphatic carbocycles. The Morgan fingerprint density at radius 1 is 1.29 bits per heavy atom. The van der Waals surface area contributed by atoms with Gasteiger partial charge < -0.3 is 16.8 Å². The fourth-order valence-electron chi connectivity index (χ4n) is 1.93. The van der Waals surface area contributed by atoms with Crippen LogP contribution in [0.5, 0.6) is 0 Å². The summed E-state index contributed by atoms with van der Waals surface area (Å²) < 4.78 is 14.6. The molecule has 1 heterocycles. The fraction of sp³-hybridized carbons (Fsp3) is 0.308. The second-order valence-electron chi connectivity index (χ2n) is 5.56. The van der Waals surface area contributed by atoms with Crippen LogP contribution in [-0.2, 0) is 0 Å². The van der Waals surface area contributed by atoms with Crippen LogP contribution in [0.1, 0.15) is 26.3 Å². The van der Waals surface area contributed by atoms with Crippen LogP contribution in [0.15, 0.2) is 0 Å². The molecule has 0 saturated carbocycles. The van der Waals surface area contributed by atoms with E-state index in [9.17, 15) is 9.65 Å². The third-order valence-electron chi connectivity index (χ3n) is 2.68. The number of hydrogen-bond donors (Lipinski definition) is 3. The molecule has 6 nitrogen and oxygen atoms in total. The van der Waals surface area contributed by atoms with Gasteiger partial charge in [-0.3, -0.25) is 0 Å². The van der Waals surface area contributed by atoms with Crippen molar-refractivity contribution in [2.45, 2.75) is 26.3 Å². The van der Waals surface area contributed by atoms with Crippen LogP contribution >= 0.6 is 11.6 Å². The van der Waals surface area contributed by atoms with Crippen molar-refractivity contribution in [3.63, 3.8) is 0 Å². The lowest BCUT2D eigenvalue weighted by atomic mass is 10.0. The first-order valence-electron chi connectivity index (χ1n) is 6.07. The minimum atomic E-state index is -0.818. The second-order valence-corrected chi connectivity index (χ2v) is 5.93. The lowest BCUT2D eigenvalue weighted by Gasteiger charge is -2.24. The molecule has 1 aromatic heterocycles. The maximum absolute atomic E-state index is 14.6. The van der Waals surface area contributed by atoms with Crippen molar-refractivity contribution in [3.05, 3.63) is 16.4 Å². The predicted molar refractivity (Wildman–Crippen MR) is 81.4 cm³/mol. The molecule has 2 rings (SSSR count). The van der Waals surface area contributed by atoms with E-state index in [0.29, 0.717) is 0 Å². The van der Waals surface area contributed by atoms with Gasteiger partial charge in [0, 0.05) is 5.54 Å². The fourth-order valence-corrected chi connectivity index (χ4v) is 2.21. The molecule has 0 saturated heterocycles. The molecule has 0 unspecified atom stereocenters. The summed E-state index contributed by atoms with van der Waals surface area (Å²) in [4.78, 5) is 7.63. The highest BCUT2D eigenvalue weighted by atomic mass is 35.5. The Hall–Kier alpha value is -2.33. The first kappa shape index (κ1) is 15.1. The minimum Gasteiger partial charge on any atom is -0.383 e. The van der Waals surface area contributed by atoms with Crippen LogP contribution in [0.3, 0.4) is 0 Å². The molecule has 0 atom stereocenters. The number of benzene rings is 1. The van der Waals surface area contributed by atoms with Gasteiger partial charge in [0.05, 0.1) is 16.1 Å². The van der Waals surface area contributed by atoms with Crippen molar-refractivity contribution in [1.29, 1.82) is 5.26 Å². The van der Waals surface area contributed by atoms with Crippen LogP contribution in [0.25, 0.3) is 10.9 Å². The summed E-state index contributed by atoms with van der Waals surface area (Å²) >= 11 is 6.27. The van der Waals surface area contributed by atoms with Crippen LogP contribution < -0.4 is 16.8 Å². The van der Waals surface area contributed by atoms with E-state index in [-0.39, 0.29) is 38.9 Å². The molecule has 0 fully saturated rings. The molecule has 0 aliphatic heterocycles. The smallest absolute Gasteiger partial charge is 0.222 e. The van der Waals surface area contributed by atoms with Crippen molar-refractivity contribution >= 4 is 40.0 Å². The van der Waals surface area contributed by atoms with E-state index < -0.39 is 11.4 Å². The highest BCUT2D eigenvalue weighted by Gasteiger charge is 2.24. The summed E-state index contributed by atoms with van der Waals surface area (Å²) in [5.41, 5.74) is 10.8. The molecular weight excluding hydrogens is 295 g/mol. The molecule has 110 valence electrons. The summed E-state index contributed by atoms with van der Waals surface area (Å²) in [6.07, 6.45) is 0.